The summed E-state index contributed by atoms with van der Waals surface area (Å²) in [7, 11) is 3.32. The normalized spacial score (nSPS) is 12.0. The lowest BCUT2D eigenvalue weighted by Crippen LogP contribution is -2.29. The van der Waals surface area contributed by atoms with Crippen LogP contribution in [0.25, 0.3) is 0 Å². The van der Waals surface area contributed by atoms with Crippen LogP contribution in [-0.4, -0.2) is 50.2 Å². The quantitative estimate of drug-likeness (QED) is 0.603. The van der Waals surface area contributed by atoms with Gasteiger partial charge in [-0.25, -0.2) is 0 Å². The molecule has 0 aliphatic rings. The van der Waals surface area contributed by atoms with Gasteiger partial charge in [-0.1, -0.05) is 0 Å². The van der Waals surface area contributed by atoms with Crippen LogP contribution in [0.3, 0.4) is 0 Å². The van der Waals surface area contributed by atoms with Crippen molar-refractivity contribution in [3.8, 4) is 0 Å². The molecule has 0 aliphatic heterocycles. The van der Waals surface area contributed by atoms with Crippen LogP contribution in [0.15, 0.2) is 0 Å². The average Bonchev–Trinajstić information content (AvgIpc) is 2.32. The molecule has 5 heteroatoms. The van der Waals surface area contributed by atoms with E-state index in [4.69, 9.17) is 9.47 Å². The Morgan fingerprint density at radius 1 is 1.29 bits per heavy atom. The largest absolute Gasteiger partial charge is 0.466 e. The summed E-state index contributed by atoms with van der Waals surface area (Å²) in [4.78, 5) is 24.3. The van der Waals surface area contributed by atoms with Crippen LogP contribution >= 0.6 is 0 Å². The fraction of sp³-hybridized carbons (Fsp3) is 0.833. The van der Waals surface area contributed by atoms with Crippen LogP contribution < -0.4 is 0 Å². The molecule has 0 aromatic heterocycles. The summed E-state index contributed by atoms with van der Waals surface area (Å²) in [5.74, 6) is -0.240. The van der Waals surface area contributed by atoms with Gasteiger partial charge in [-0.3, -0.25) is 9.59 Å². The molecule has 0 radical (unpaired) electrons. The van der Waals surface area contributed by atoms with Gasteiger partial charge in [0.25, 0.3) is 0 Å². The number of carbonyl (C=O) groups excluding carboxylic acids is 2. The lowest BCUT2D eigenvalue weighted by Gasteiger charge is -2.17. The fourth-order valence-electron chi connectivity index (χ4n) is 1.25. The zero-order chi connectivity index (χ0) is 13.3. The van der Waals surface area contributed by atoms with E-state index < -0.39 is 0 Å². The first-order valence-electron chi connectivity index (χ1n) is 5.93. The molecule has 0 heterocycles. The molecule has 0 rings (SSSR count). The Kier molecular flexibility index (Phi) is 8.40. The van der Waals surface area contributed by atoms with E-state index in [-0.39, 0.29) is 24.4 Å². The first-order chi connectivity index (χ1) is 8.01. The molecule has 0 saturated carbocycles. The highest BCUT2D eigenvalue weighted by molar-refractivity contribution is 5.77. The summed E-state index contributed by atoms with van der Waals surface area (Å²) in [5, 5.41) is 0. The van der Waals surface area contributed by atoms with Crippen LogP contribution in [0.2, 0.25) is 0 Å². The average molecular weight is 245 g/mol. The maximum atomic E-state index is 11.7. The highest BCUT2D eigenvalue weighted by Crippen LogP contribution is 2.03. The minimum absolute atomic E-state index is 0.0261. The molecule has 1 amide bonds. The monoisotopic (exact) mass is 245 g/mol. The second-order valence-corrected chi connectivity index (χ2v) is 3.96. The number of hydrogen-bond acceptors (Lipinski definition) is 4. The number of esters is 1. The van der Waals surface area contributed by atoms with E-state index in [1.54, 1.807) is 26.0 Å². The summed E-state index contributed by atoms with van der Waals surface area (Å²) in [6, 6.07) is 0. The van der Waals surface area contributed by atoms with E-state index >= 15 is 0 Å². The molecular weight excluding hydrogens is 222 g/mol. The number of methoxy groups -OCH3 is 1. The van der Waals surface area contributed by atoms with Crippen molar-refractivity contribution < 1.29 is 19.1 Å². The lowest BCUT2D eigenvalue weighted by molar-refractivity contribution is -0.143. The van der Waals surface area contributed by atoms with Crippen molar-refractivity contribution in [1.82, 2.24) is 4.90 Å². The van der Waals surface area contributed by atoms with E-state index in [2.05, 4.69) is 0 Å². The molecule has 100 valence electrons. The standard InChI is InChI=1S/C12H23NO4/c1-5-17-12(15)8-9-13(3)11(14)7-6-10(2)16-4/h10H,5-9H2,1-4H3. The number of rotatable bonds is 8. The Bertz CT molecular complexity index is 243. The van der Waals surface area contributed by atoms with Gasteiger partial charge >= 0.3 is 5.97 Å². The summed E-state index contributed by atoms with van der Waals surface area (Å²) in [6.45, 7) is 4.46. The molecule has 1 atom stereocenters. The molecule has 0 fully saturated rings. The highest BCUT2D eigenvalue weighted by atomic mass is 16.5. The summed E-state index contributed by atoms with van der Waals surface area (Å²) in [6.07, 6.45) is 1.46. The minimum Gasteiger partial charge on any atom is -0.466 e. The minimum atomic E-state index is -0.266. The van der Waals surface area contributed by atoms with E-state index in [0.29, 0.717) is 26.0 Å². The van der Waals surface area contributed by atoms with Crippen LogP contribution in [-0.2, 0) is 19.1 Å². The van der Waals surface area contributed by atoms with Crippen LogP contribution in [0, 0.1) is 0 Å². The summed E-state index contributed by atoms with van der Waals surface area (Å²) < 4.78 is 9.86. The van der Waals surface area contributed by atoms with Crippen molar-refractivity contribution in [2.24, 2.45) is 0 Å². The first-order valence-corrected chi connectivity index (χ1v) is 5.93. The Morgan fingerprint density at radius 2 is 1.94 bits per heavy atom. The fourth-order valence-corrected chi connectivity index (χ4v) is 1.25. The SMILES string of the molecule is CCOC(=O)CCN(C)C(=O)CCC(C)OC. The van der Waals surface area contributed by atoms with Crippen molar-refractivity contribution in [3.05, 3.63) is 0 Å². The van der Waals surface area contributed by atoms with E-state index in [0.717, 1.165) is 0 Å². The molecule has 0 aliphatic carbocycles. The molecule has 0 aromatic carbocycles. The first kappa shape index (κ1) is 15.9. The maximum absolute atomic E-state index is 11.7. The third-order valence-corrected chi connectivity index (χ3v) is 2.55. The molecular formula is C12H23NO4. The summed E-state index contributed by atoms with van der Waals surface area (Å²) >= 11 is 0. The van der Waals surface area contributed by atoms with E-state index in [9.17, 15) is 9.59 Å². The van der Waals surface area contributed by atoms with E-state index in [1.165, 1.54) is 0 Å². The smallest absolute Gasteiger partial charge is 0.307 e. The summed E-state index contributed by atoms with van der Waals surface area (Å²) in [5.41, 5.74) is 0. The topological polar surface area (TPSA) is 55.8 Å². The molecule has 0 saturated heterocycles. The van der Waals surface area contributed by atoms with Gasteiger partial charge in [0.05, 0.1) is 19.1 Å². The second kappa shape index (κ2) is 8.98. The van der Waals surface area contributed by atoms with Gasteiger partial charge in [-0.05, 0) is 20.3 Å². The van der Waals surface area contributed by atoms with Crippen LogP contribution in [0.4, 0.5) is 0 Å². The van der Waals surface area contributed by atoms with Gasteiger partial charge in [-0.15, -0.1) is 0 Å². The Balaban J connectivity index is 3.78. The molecule has 5 nitrogen and oxygen atoms in total. The molecule has 0 bridgehead atoms. The molecule has 0 N–H and O–H groups in total. The van der Waals surface area contributed by atoms with Gasteiger partial charge in [0.2, 0.25) is 5.91 Å². The second-order valence-electron chi connectivity index (χ2n) is 3.96. The zero-order valence-electron chi connectivity index (χ0n) is 11.2. The van der Waals surface area contributed by atoms with Gasteiger partial charge < -0.3 is 14.4 Å². The Morgan fingerprint density at radius 3 is 2.47 bits per heavy atom. The number of nitrogens with zero attached hydrogens (tertiary/aromatic N) is 1. The van der Waals surface area contributed by atoms with Crippen molar-refractivity contribution in [2.45, 2.75) is 39.2 Å². The number of amides is 1. The number of hydrogen-bond donors (Lipinski definition) is 0. The van der Waals surface area contributed by atoms with Crippen LogP contribution in [0.1, 0.15) is 33.1 Å². The Labute approximate surface area is 103 Å². The zero-order valence-corrected chi connectivity index (χ0v) is 11.2. The molecule has 0 spiro atoms. The van der Waals surface area contributed by atoms with Gasteiger partial charge in [0.1, 0.15) is 0 Å². The third kappa shape index (κ3) is 7.74. The highest BCUT2D eigenvalue weighted by Gasteiger charge is 2.12. The van der Waals surface area contributed by atoms with Gasteiger partial charge in [0, 0.05) is 27.1 Å². The Hall–Kier alpha value is -1.10. The molecule has 0 aromatic rings. The molecule has 1 unspecified atom stereocenters. The van der Waals surface area contributed by atoms with Gasteiger partial charge in [-0.2, -0.15) is 0 Å². The van der Waals surface area contributed by atoms with Gasteiger partial charge in [0.15, 0.2) is 0 Å². The molecule has 17 heavy (non-hydrogen) atoms. The maximum Gasteiger partial charge on any atom is 0.307 e. The van der Waals surface area contributed by atoms with E-state index in [1.807, 2.05) is 6.92 Å². The van der Waals surface area contributed by atoms with Crippen molar-refractivity contribution in [3.63, 3.8) is 0 Å². The third-order valence-electron chi connectivity index (χ3n) is 2.55. The lowest BCUT2D eigenvalue weighted by atomic mass is 10.2. The predicted molar refractivity (Wildman–Crippen MR) is 64.6 cm³/mol. The van der Waals surface area contributed by atoms with Crippen LogP contribution in [0.5, 0.6) is 0 Å². The van der Waals surface area contributed by atoms with Crippen molar-refractivity contribution >= 4 is 11.9 Å². The van der Waals surface area contributed by atoms with Crippen molar-refractivity contribution in [1.29, 1.82) is 0 Å². The number of ether oxygens (including phenoxy) is 2. The predicted octanol–water partition coefficient (Wildman–Crippen LogP) is 1.21. The van der Waals surface area contributed by atoms with Crippen molar-refractivity contribution in [2.75, 3.05) is 27.3 Å². The number of carbonyl (C=O) groups is 2.